The van der Waals surface area contributed by atoms with E-state index in [1.165, 1.54) is 0 Å². The van der Waals surface area contributed by atoms with Gasteiger partial charge in [-0.15, -0.1) is 0 Å². The second-order valence-corrected chi connectivity index (χ2v) is 7.77. The summed E-state index contributed by atoms with van der Waals surface area (Å²) < 4.78 is 5.40. The third-order valence-electron chi connectivity index (χ3n) is 5.56. The number of hydrogen-bond donors (Lipinski definition) is 2. The molecular formula is C21H28N6O2. The highest BCUT2D eigenvalue weighted by Gasteiger charge is 2.24. The number of rotatable bonds is 4. The van der Waals surface area contributed by atoms with Gasteiger partial charge < -0.3 is 20.3 Å². The summed E-state index contributed by atoms with van der Waals surface area (Å²) in [6.07, 6.45) is 6.38. The highest BCUT2D eigenvalue weighted by Crippen LogP contribution is 2.20. The van der Waals surface area contributed by atoms with Crippen molar-refractivity contribution in [2.45, 2.75) is 51.7 Å². The predicted octanol–water partition coefficient (Wildman–Crippen LogP) is 2.60. The number of amides is 2. The van der Waals surface area contributed by atoms with Crippen molar-refractivity contribution in [3.8, 4) is 0 Å². The molecule has 1 unspecified atom stereocenters. The van der Waals surface area contributed by atoms with Crippen molar-refractivity contribution < 1.29 is 9.53 Å². The minimum atomic E-state index is -0.104. The fourth-order valence-electron chi connectivity index (χ4n) is 3.67. The Kier molecular flexibility index (Phi) is 5.89. The summed E-state index contributed by atoms with van der Waals surface area (Å²) in [5, 5.41) is 6.48. The van der Waals surface area contributed by atoms with Crippen LogP contribution in [0.4, 0.5) is 10.7 Å². The number of carbonyl (C=O) groups excluding carboxylic acids is 1. The maximum Gasteiger partial charge on any atom is 0.318 e. The van der Waals surface area contributed by atoms with Crippen LogP contribution in [0.25, 0.3) is 0 Å². The molecule has 154 valence electrons. The Hall–Kier alpha value is -2.74. The van der Waals surface area contributed by atoms with Crippen LogP contribution in [0, 0.1) is 6.92 Å². The first-order chi connectivity index (χ1) is 14.1. The van der Waals surface area contributed by atoms with Crippen LogP contribution >= 0.6 is 0 Å². The van der Waals surface area contributed by atoms with E-state index in [4.69, 9.17) is 9.72 Å². The van der Waals surface area contributed by atoms with Crippen LogP contribution < -0.4 is 10.6 Å². The Bertz CT molecular complexity index is 851. The number of fused-ring (bicyclic) bond motifs is 1. The summed E-state index contributed by atoms with van der Waals surface area (Å²) in [4.78, 5) is 28.1. The van der Waals surface area contributed by atoms with Gasteiger partial charge in [0.25, 0.3) is 0 Å². The van der Waals surface area contributed by atoms with Gasteiger partial charge in [-0.1, -0.05) is 6.07 Å². The molecule has 0 aromatic carbocycles. The van der Waals surface area contributed by atoms with Crippen molar-refractivity contribution in [3.63, 3.8) is 0 Å². The first kappa shape index (κ1) is 19.6. The number of carbonyl (C=O) groups is 1. The second-order valence-electron chi connectivity index (χ2n) is 7.77. The van der Waals surface area contributed by atoms with E-state index in [9.17, 15) is 4.79 Å². The fraction of sp³-hybridized carbons (Fsp3) is 0.524. The number of anilines is 1. The highest BCUT2D eigenvalue weighted by molar-refractivity contribution is 5.75. The molecule has 0 spiro atoms. The lowest BCUT2D eigenvalue weighted by Gasteiger charge is -2.30. The van der Waals surface area contributed by atoms with Crippen molar-refractivity contribution >= 4 is 12.0 Å². The number of hydrogen-bond acceptors (Lipinski definition) is 6. The summed E-state index contributed by atoms with van der Waals surface area (Å²) in [6, 6.07) is 4.11. The zero-order valence-electron chi connectivity index (χ0n) is 17.0. The van der Waals surface area contributed by atoms with Crippen molar-refractivity contribution in [1.82, 2.24) is 25.2 Å². The Morgan fingerprint density at radius 3 is 2.83 bits per heavy atom. The number of pyridine rings is 1. The van der Waals surface area contributed by atoms with Gasteiger partial charge in [0, 0.05) is 43.9 Å². The molecule has 1 saturated heterocycles. The van der Waals surface area contributed by atoms with Crippen LogP contribution in [-0.4, -0.2) is 51.7 Å². The fourth-order valence-corrected chi connectivity index (χ4v) is 3.67. The van der Waals surface area contributed by atoms with Gasteiger partial charge in [-0.3, -0.25) is 4.98 Å². The molecule has 1 atom stereocenters. The average molecular weight is 396 g/mol. The van der Waals surface area contributed by atoms with Gasteiger partial charge in [-0.25, -0.2) is 14.8 Å². The summed E-state index contributed by atoms with van der Waals surface area (Å²) in [7, 11) is 0. The molecule has 0 radical (unpaired) electrons. The smallest absolute Gasteiger partial charge is 0.318 e. The first-order valence-corrected chi connectivity index (χ1v) is 10.3. The SMILES string of the molecule is Cc1ccc(C(C)NC(=O)N2CCc3cnc(NC4CCOCC4)nc3C2)cn1. The molecule has 2 amide bonds. The standard InChI is InChI=1S/C21H28N6O2/c1-14-3-4-16(11-22-14)15(2)24-21(28)27-8-5-17-12-23-20(26-19(17)13-27)25-18-6-9-29-10-7-18/h3-4,11-12,15,18H,5-10,13H2,1-2H3,(H,24,28)(H,23,25,26). The molecule has 0 aliphatic carbocycles. The Morgan fingerprint density at radius 2 is 2.07 bits per heavy atom. The number of urea groups is 1. The van der Waals surface area contributed by atoms with Crippen LogP contribution in [0.15, 0.2) is 24.5 Å². The topological polar surface area (TPSA) is 92.3 Å². The predicted molar refractivity (Wildman–Crippen MR) is 110 cm³/mol. The number of aromatic nitrogens is 3. The monoisotopic (exact) mass is 396 g/mol. The molecule has 2 aromatic heterocycles. The van der Waals surface area contributed by atoms with Gasteiger partial charge in [0.15, 0.2) is 0 Å². The lowest BCUT2D eigenvalue weighted by Crippen LogP contribution is -2.44. The first-order valence-electron chi connectivity index (χ1n) is 10.3. The second kappa shape index (κ2) is 8.73. The number of nitrogens with zero attached hydrogens (tertiary/aromatic N) is 4. The number of aryl methyl sites for hydroxylation is 1. The maximum absolute atomic E-state index is 12.8. The van der Waals surface area contributed by atoms with E-state index in [1.807, 2.05) is 43.3 Å². The minimum Gasteiger partial charge on any atom is -0.381 e. The molecule has 29 heavy (non-hydrogen) atoms. The zero-order valence-corrected chi connectivity index (χ0v) is 17.0. The summed E-state index contributed by atoms with van der Waals surface area (Å²) >= 11 is 0. The third kappa shape index (κ3) is 4.82. The molecule has 0 saturated carbocycles. The molecule has 8 nitrogen and oxygen atoms in total. The minimum absolute atomic E-state index is 0.0822. The summed E-state index contributed by atoms with van der Waals surface area (Å²) in [5.41, 5.74) is 3.99. The van der Waals surface area contributed by atoms with Gasteiger partial charge in [-0.2, -0.15) is 0 Å². The van der Waals surface area contributed by atoms with Crippen LogP contribution in [-0.2, 0) is 17.7 Å². The van der Waals surface area contributed by atoms with Gasteiger partial charge >= 0.3 is 6.03 Å². The van der Waals surface area contributed by atoms with E-state index in [0.29, 0.717) is 25.1 Å². The zero-order chi connectivity index (χ0) is 20.2. The number of ether oxygens (including phenoxy) is 1. The van der Waals surface area contributed by atoms with Crippen LogP contribution in [0.5, 0.6) is 0 Å². The maximum atomic E-state index is 12.8. The molecular weight excluding hydrogens is 368 g/mol. The van der Waals surface area contributed by atoms with E-state index in [1.54, 1.807) is 0 Å². The normalized spacial score (nSPS) is 18.1. The quantitative estimate of drug-likeness (QED) is 0.825. The van der Waals surface area contributed by atoms with E-state index < -0.39 is 0 Å². The molecule has 0 bridgehead atoms. The van der Waals surface area contributed by atoms with Crippen molar-refractivity contribution in [2.24, 2.45) is 0 Å². The van der Waals surface area contributed by atoms with E-state index >= 15 is 0 Å². The van der Waals surface area contributed by atoms with Crippen LogP contribution in [0.3, 0.4) is 0 Å². The molecule has 2 N–H and O–H groups in total. The molecule has 2 aliphatic rings. The Morgan fingerprint density at radius 1 is 1.24 bits per heavy atom. The molecule has 1 fully saturated rings. The van der Waals surface area contributed by atoms with Gasteiger partial charge in [0.1, 0.15) is 0 Å². The third-order valence-corrected chi connectivity index (χ3v) is 5.56. The van der Waals surface area contributed by atoms with Gasteiger partial charge in [0.05, 0.1) is 18.3 Å². The molecule has 4 heterocycles. The molecule has 4 rings (SSSR count). The Balaban J connectivity index is 1.38. The lowest BCUT2D eigenvalue weighted by molar-refractivity contribution is 0.0903. The van der Waals surface area contributed by atoms with E-state index in [-0.39, 0.29) is 12.1 Å². The Labute approximate surface area is 171 Å². The summed E-state index contributed by atoms with van der Waals surface area (Å²) in [6.45, 7) is 6.61. The van der Waals surface area contributed by atoms with E-state index in [0.717, 1.165) is 55.0 Å². The molecule has 2 aliphatic heterocycles. The van der Waals surface area contributed by atoms with Gasteiger partial charge in [0.2, 0.25) is 5.95 Å². The van der Waals surface area contributed by atoms with Crippen molar-refractivity contribution in [2.75, 3.05) is 25.1 Å². The molecule has 8 heteroatoms. The average Bonchev–Trinajstić information content (AvgIpc) is 2.74. The van der Waals surface area contributed by atoms with Crippen molar-refractivity contribution in [1.29, 1.82) is 0 Å². The molecule has 2 aromatic rings. The highest BCUT2D eigenvalue weighted by atomic mass is 16.5. The van der Waals surface area contributed by atoms with Crippen LogP contribution in [0.1, 0.15) is 48.3 Å². The summed E-state index contributed by atoms with van der Waals surface area (Å²) in [5.74, 6) is 0.636. The lowest BCUT2D eigenvalue weighted by atomic mass is 10.1. The van der Waals surface area contributed by atoms with Crippen LogP contribution in [0.2, 0.25) is 0 Å². The van der Waals surface area contributed by atoms with E-state index in [2.05, 4.69) is 20.6 Å². The number of nitrogens with one attached hydrogen (secondary N) is 2. The largest absolute Gasteiger partial charge is 0.381 e. The van der Waals surface area contributed by atoms with Crippen molar-refractivity contribution in [3.05, 3.63) is 47.0 Å². The van der Waals surface area contributed by atoms with Gasteiger partial charge in [-0.05, 0) is 50.3 Å².